The molecular weight excluding hydrogens is 679 g/mol. The number of aliphatic imine (C=N–C) groups is 1. The van der Waals surface area contributed by atoms with Crippen molar-refractivity contribution in [3.63, 3.8) is 0 Å². The summed E-state index contributed by atoms with van der Waals surface area (Å²) >= 11 is 16.0. The molecular formula is C35H27BrCl2N2O5. The van der Waals surface area contributed by atoms with E-state index in [1.807, 2.05) is 67.6 Å². The highest BCUT2D eigenvalue weighted by Gasteiger charge is 2.23. The maximum atomic E-state index is 10.3. The highest BCUT2D eigenvalue weighted by Crippen LogP contribution is 2.44. The zero-order valence-corrected chi connectivity index (χ0v) is 27.7. The molecule has 0 fully saturated rings. The van der Waals surface area contributed by atoms with E-state index in [1.54, 1.807) is 38.6 Å². The third-order valence-corrected chi connectivity index (χ3v) is 7.96. The molecule has 10 heteroatoms. The number of methoxy groups -OCH3 is 2. The summed E-state index contributed by atoms with van der Waals surface area (Å²) in [5.74, 6) is 3.10. The van der Waals surface area contributed by atoms with Gasteiger partial charge in [-0.05, 0) is 94.6 Å². The first-order valence-electron chi connectivity index (χ1n) is 13.8. The van der Waals surface area contributed by atoms with E-state index < -0.39 is 0 Å². The Bertz CT molecular complexity index is 1880. The van der Waals surface area contributed by atoms with Gasteiger partial charge in [0.15, 0.2) is 11.5 Å². The van der Waals surface area contributed by atoms with Crippen LogP contribution in [0.4, 0.5) is 5.88 Å². The molecule has 0 saturated heterocycles. The first-order chi connectivity index (χ1) is 21.8. The molecule has 0 aliphatic heterocycles. The Balaban J connectivity index is 1.52. The van der Waals surface area contributed by atoms with Crippen molar-refractivity contribution in [2.45, 2.75) is 13.5 Å². The predicted molar refractivity (Wildman–Crippen MR) is 181 cm³/mol. The van der Waals surface area contributed by atoms with Crippen LogP contribution in [0.2, 0.25) is 10.0 Å². The molecule has 0 bridgehead atoms. The van der Waals surface area contributed by atoms with E-state index in [4.69, 9.17) is 46.6 Å². The standard InChI is InChI=1S/C35H27BrCl2N2O5/c1-4-43-31-16-21(15-29(36)34(31)44-20-24-5-10-25(37)17-30(24)38)19-40-35-28(18-39)32(22-6-11-26(41-2)12-7-22)33(45-35)23-8-13-27(42-3)14-9-23/h5-17,19H,4,20H2,1-3H3. The van der Waals surface area contributed by atoms with Gasteiger partial charge < -0.3 is 23.4 Å². The van der Waals surface area contributed by atoms with Crippen LogP contribution in [0.25, 0.3) is 22.5 Å². The Hall–Kier alpha value is -4.42. The lowest BCUT2D eigenvalue weighted by Crippen LogP contribution is -2.02. The molecule has 7 nitrogen and oxygen atoms in total. The van der Waals surface area contributed by atoms with E-state index in [-0.39, 0.29) is 12.5 Å². The number of nitrogens with zero attached hydrogens (tertiary/aromatic N) is 2. The Morgan fingerprint density at radius 1 is 0.889 bits per heavy atom. The van der Waals surface area contributed by atoms with Crippen LogP contribution in [0, 0.1) is 11.3 Å². The van der Waals surface area contributed by atoms with Crippen molar-refractivity contribution in [2.24, 2.45) is 4.99 Å². The van der Waals surface area contributed by atoms with E-state index in [0.717, 1.165) is 16.7 Å². The smallest absolute Gasteiger partial charge is 0.238 e. The molecule has 45 heavy (non-hydrogen) atoms. The number of rotatable bonds is 11. The third-order valence-electron chi connectivity index (χ3n) is 6.78. The molecule has 0 radical (unpaired) electrons. The fourth-order valence-electron chi connectivity index (χ4n) is 4.58. The molecule has 5 rings (SSSR count). The predicted octanol–water partition coefficient (Wildman–Crippen LogP) is 10.3. The van der Waals surface area contributed by atoms with Crippen LogP contribution in [0.5, 0.6) is 23.0 Å². The van der Waals surface area contributed by atoms with Crippen molar-refractivity contribution < 1.29 is 23.4 Å². The van der Waals surface area contributed by atoms with E-state index >= 15 is 0 Å². The number of furan rings is 1. The van der Waals surface area contributed by atoms with Crippen LogP contribution in [0.1, 0.15) is 23.6 Å². The van der Waals surface area contributed by atoms with Gasteiger partial charge >= 0.3 is 0 Å². The van der Waals surface area contributed by atoms with Gasteiger partial charge in [-0.3, -0.25) is 0 Å². The fourth-order valence-corrected chi connectivity index (χ4v) is 5.62. The molecule has 0 aliphatic rings. The second-order valence-corrected chi connectivity index (χ2v) is 11.3. The molecule has 1 aromatic heterocycles. The average molecular weight is 706 g/mol. The molecule has 4 aromatic carbocycles. The van der Waals surface area contributed by atoms with Gasteiger partial charge in [-0.25, -0.2) is 4.99 Å². The van der Waals surface area contributed by atoms with Gasteiger partial charge in [-0.2, -0.15) is 5.26 Å². The number of hydrogen-bond donors (Lipinski definition) is 0. The zero-order valence-electron chi connectivity index (χ0n) is 24.6. The maximum absolute atomic E-state index is 10.3. The molecule has 5 aromatic rings. The minimum Gasteiger partial charge on any atom is -0.497 e. The van der Waals surface area contributed by atoms with E-state index in [0.29, 0.717) is 66.6 Å². The summed E-state index contributed by atoms with van der Waals surface area (Å²) in [5.41, 5.74) is 3.95. The van der Waals surface area contributed by atoms with Crippen LogP contribution >= 0.6 is 39.1 Å². The largest absolute Gasteiger partial charge is 0.497 e. The molecule has 0 unspecified atom stereocenters. The van der Waals surface area contributed by atoms with E-state index in [9.17, 15) is 5.26 Å². The van der Waals surface area contributed by atoms with Gasteiger partial charge in [-0.1, -0.05) is 41.4 Å². The second-order valence-electron chi connectivity index (χ2n) is 9.60. The van der Waals surface area contributed by atoms with Crippen molar-refractivity contribution in [2.75, 3.05) is 20.8 Å². The fraction of sp³-hybridized carbons (Fsp3) is 0.143. The number of halogens is 3. The van der Waals surface area contributed by atoms with E-state index in [2.05, 4.69) is 27.0 Å². The van der Waals surface area contributed by atoms with Gasteiger partial charge in [0, 0.05) is 33.0 Å². The maximum Gasteiger partial charge on any atom is 0.238 e. The summed E-state index contributed by atoms with van der Waals surface area (Å²) in [6.07, 6.45) is 1.61. The van der Waals surface area contributed by atoms with Crippen molar-refractivity contribution in [3.05, 3.63) is 110 Å². The first kappa shape index (κ1) is 32.0. The Labute approximate surface area is 279 Å². The van der Waals surface area contributed by atoms with Crippen molar-refractivity contribution in [1.29, 1.82) is 5.26 Å². The van der Waals surface area contributed by atoms with Gasteiger partial charge in [-0.15, -0.1) is 0 Å². The highest BCUT2D eigenvalue weighted by atomic mass is 79.9. The monoisotopic (exact) mass is 704 g/mol. The molecule has 0 aliphatic carbocycles. The molecule has 228 valence electrons. The lowest BCUT2D eigenvalue weighted by molar-refractivity contribution is 0.267. The SMILES string of the molecule is CCOc1cc(C=Nc2oc(-c3ccc(OC)cc3)c(-c3ccc(OC)cc3)c2C#N)cc(Br)c1OCc1ccc(Cl)cc1Cl. The molecule has 0 spiro atoms. The van der Waals surface area contributed by atoms with Crippen molar-refractivity contribution >= 4 is 51.2 Å². The van der Waals surface area contributed by atoms with Crippen LogP contribution in [0.15, 0.2) is 92.7 Å². The van der Waals surface area contributed by atoms with E-state index in [1.165, 1.54) is 0 Å². The summed E-state index contributed by atoms with van der Waals surface area (Å²) < 4.78 is 29.6. The molecule has 0 amide bonds. The number of ether oxygens (including phenoxy) is 4. The van der Waals surface area contributed by atoms with Crippen LogP contribution in [0.3, 0.4) is 0 Å². The van der Waals surface area contributed by atoms with Gasteiger partial charge in [0.05, 0.1) is 25.3 Å². The summed E-state index contributed by atoms with van der Waals surface area (Å²) in [7, 11) is 3.21. The quantitative estimate of drug-likeness (QED) is 0.127. The van der Waals surface area contributed by atoms with Gasteiger partial charge in [0.25, 0.3) is 0 Å². The lowest BCUT2D eigenvalue weighted by atomic mass is 9.98. The molecule has 0 saturated carbocycles. The summed E-state index contributed by atoms with van der Waals surface area (Å²) in [6.45, 7) is 2.51. The van der Waals surface area contributed by atoms with Crippen molar-refractivity contribution in [1.82, 2.24) is 0 Å². The second kappa shape index (κ2) is 14.6. The number of hydrogen-bond acceptors (Lipinski definition) is 7. The summed E-state index contributed by atoms with van der Waals surface area (Å²) in [6, 6.07) is 26.0. The lowest BCUT2D eigenvalue weighted by Gasteiger charge is -2.15. The normalized spacial score (nSPS) is 11.0. The zero-order chi connectivity index (χ0) is 31.9. The summed E-state index contributed by atoms with van der Waals surface area (Å²) in [5, 5.41) is 11.4. The number of nitriles is 1. The summed E-state index contributed by atoms with van der Waals surface area (Å²) in [4.78, 5) is 4.62. The average Bonchev–Trinajstić information content (AvgIpc) is 3.43. The Kier molecular flexibility index (Phi) is 10.4. The van der Waals surface area contributed by atoms with Gasteiger partial charge in [0.1, 0.15) is 35.5 Å². The van der Waals surface area contributed by atoms with Crippen molar-refractivity contribution in [3.8, 4) is 51.5 Å². The minimum atomic E-state index is 0.168. The molecule has 0 atom stereocenters. The minimum absolute atomic E-state index is 0.168. The van der Waals surface area contributed by atoms with Crippen LogP contribution in [-0.2, 0) is 6.61 Å². The highest BCUT2D eigenvalue weighted by molar-refractivity contribution is 9.10. The van der Waals surface area contributed by atoms with Crippen LogP contribution < -0.4 is 18.9 Å². The Morgan fingerprint density at radius 2 is 1.56 bits per heavy atom. The number of benzene rings is 4. The first-order valence-corrected chi connectivity index (χ1v) is 15.3. The van der Waals surface area contributed by atoms with Crippen LogP contribution in [-0.4, -0.2) is 27.0 Å². The Morgan fingerprint density at radius 3 is 2.16 bits per heavy atom. The topological polar surface area (TPSA) is 86.2 Å². The van der Waals surface area contributed by atoms with Gasteiger partial charge in [0.2, 0.25) is 5.88 Å². The molecule has 1 heterocycles. The molecule has 0 N–H and O–H groups in total. The third kappa shape index (κ3) is 7.29.